The van der Waals surface area contributed by atoms with E-state index in [1.807, 2.05) is 0 Å². The van der Waals surface area contributed by atoms with Gasteiger partial charge in [0, 0.05) is 5.92 Å². The summed E-state index contributed by atoms with van der Waals surface area (Å²) in [5.74, 6) is 0.521. The van der Waals surface area contributed by atoms with Gasteiger partial charge in [0.2, 0.25) is 0 Å². The van der Waals surface area contributed by atoms with Gasteiger partial charge in [0.05, 0.1) is 5.60 Å². The van der Waals surface area contributed by atoms with Crippen LogP contribution in [-0.4, -0.2) is 11.2 Å². The Bertz CT molecular complexity index is 569. The molecule has 1 heteroatoms. The van der Waals surface area contributed by atoms with Crippen LogP contribution in [0.15, 0.2) is 42.0 Å². The van der Waals surface area contributed by atoms with Crippen LogP contribution in [0.25, 0.3) is 6.08 Å². The first-order chi connectivity index (χ1) is 8.11. The van der Waals surface area contributed by atoms with Crippen LogP contribution in [-0.2, 0) is 11.2 Å². The van der Waals surface area contributed by atoms with Gasteiger partial charge in [-0.15, -0.1) is 0 Å². The molecule has 3 atom stereocenters. The predicted molar refractivity (Wildman–Crippen MR) is 68.6 cm³/mol. The van der Waals surface area contributed by atoms with E-state index in [1.54, 1.807) is 0 Å². The van der Waals surface area contributed by atoms with Crippen molar-refractivity contribution in [3.8, 4) is 0 Å². The number of hydrogen-bond acceptors (Lipinski definition) is 1. The maximum Gasteiger partial charge on any atom is 0.106 e. The molecule has 0 aromatic heterocycles. The fraction of sp³-hybridized carbons (Fsp3) is 0.375. The molecule has 1 aliphatic carbocycles. The fourth-order valence-electron chi connectivity index (χ4n) is 3.65. The summed E-state index contributed by atoms with van der Waals surface area (Å²) in [6, 6.07) is 8.69. The molecule has 2 aliphatic heterocycles. The second kappa shape index (κ2) is 2.73. The highest BCUT2D eigenvalue weighted by molar-refractivity contribution is 5.66. The Kier molecular flexibility index (Phi) is 1.55. The molecule has 1 nitrogen and oxygen atoms in total. The summed E-state index contributed by atoms with van der Waals surface area (Å²) in [4.78, 5) is 0. The van der Waals surface area contributed by atoms with Crippen molar-refractivity contribution in [3.05, 3.63) is 53.1 Å². The lowest BCUT2D eigenvalue weighted by atomic mass is 9.70. The molecule has 0 N–H and O–H groups in total. The predicted octanol–water partition coefficient (Wildman–Crippen LogP) is 3.36. The van der Waals surface area contributed by atoms with E-state index in [4.69, 9.17) is 4.74 Å². The zero-order valence-corrected chi connectivity index (χ0v) is 10.2. The minimum atomic E-state index is -0.160. The highest BCUT2D eigenvalue weighted by Gasteiger charge is 2.57. The minimum Gasteiger partial charge on any atom is -0.356 e. The van der Waals surface area contributed by atoms with Gasteiger partial charge >= 0.3 is 0 Å². The zero-order valence-electron chi connectivity index (χ0n) is 10.2. The Labute approximate surface area is 102 Å². The van der Waals surface area contributed by atoms with Gasteiger partial charge in [-0.05, 0) is 37.0 Å². The maximum absolute atomic E-state index is 6.25. The van der Waals surface area contributed by atoms with E-state index in [1.165, 1.54) is 16.7 Å². The van der Waals surface area contributed by atoms with E-state index < -0.39 is 0 Å². The van der Waals surface area contributed by atoms with Gasteiger partial charge in [0.15, 0.2) is 0 Å². The van der Waals surface area contributed by atoms with Gasteiger partial charge in [-0.2, -0.15) is 0 Å². The van der Waals surface area contributed by atoms with Gasteiger partial charge in [-0.1, -0.05) is 42.5 Å². The Hall–Kier alpha value is -1.34. The third-order valence-electron chi connectivity index (χ3n) is 4.59. The summed E-state index contributed by atoms with van der Waals surface area (Å²) in [6.07, 6.45) is 7.93. The molecule has 17 heavy (non-hydrogen) atoms. The SMILES string of the molecule is C[C@]12C=C[C@](C)(O1)C1=Cc3ccccc3C[C@H]12. The maximum atomic E-state index is 6.25. The standard InChI is InChI=1S/C16H16O/c1-15-7-8-16(2,17-15)14-10-12-6-4-3-5-11(12)9-13(14)15/h3-9,14H,10H2,1-2H3/t14-,15+,16-/m1/s1. The molecule has 2 bridgehead atoms. The van der Waals surface area contributed by atoms with Crippen molar-refractivity contribution < 1.29 is 4.74 Å². The lowest BCUT2D eigenvalue weighted by molar-refractivity contribution is -0.0171. The van der Waals surface area contributed by atoms with Crippen LogP contribution in [0.1, 0.15) is 25.0 Å². The van der Waals surface area contributed by atoms with Crippen LogP contribution in [0, 0.1) is 5.92 Å². The first kappa shape index (κ1) is 9.67. The minimum absolute atomic E-state index is 0.0892. The van der Waals surface area contributed by atoms with Crippen molar-refractivity contribution >= 4 is 6.08 Å². The molecule has 1 fully saturated rings. The van der Waals surface area contributed by atoms with Crippen LogP contribution in [0.2, 0.25) is 0 Å². The lowest BCUT2D eigenvalue weighted by Gasteiger charge is -2.31. The summed E-state index contributed by atoms with van der Waals surface area (Å²) in [5, 5.41) is 0. The van der Waals surface area contributed by atoms with Crippen molar-refractivity contribution in [2.24, 2.45) is 5.92 Å². The van der Waals surface area contributed by atoms with Gasteiger partial charge in [0.25, 0.3) is 0 Å². The number of rotatable bonds is 0. The van der Waals surface area contributed by atoms with Crippen LogP contribution in [0.3, 0.4) is 0 Å². The quantitative estimate of drug-likeness (QED) is 0.614. The Morgan fingerprint density at radius 2 is 2.00 bits per heavy atom. The van der Waals surface area contributed by atoms with Crippen molar-refractivity contribution in [2.45, 2.75) is 31.5 Å². The summed E-state index contributed by atoms with van der Waals surface area (Å²) in [6.45, 7) is 4.41. The van der Waals surface area contributed by atoms with E-state index >= 15 is 0 Å². The summed E-state index contributed by atoms with van der Waals surface area (Å²) < 4.78 is 6.25. The second-order valence-corrected chi connectivity index (χ2v) is 5.78. The Balaban J connectivity index is 1.94. The third-order valence-corrected chi connectivity index (χ3v) is 4.59. The summed E-state index contributed by atoms with van der Waals surface area (Å²) >= 11 is 0. The molecule has 1 aromatic carbocycles. The molecule has 1 saturated heterocycles. The first-order valence-electron chi connectivity index (χ1n) is 6.31. The molecule has 2 heterocycles. The Morgan fingerprint density at radius 3 is 2.88 bits per heavy atom. The van der Waals surface area contributed by atoms with E-state index in [0.717, 1.165) is 6.42 Å². The van der Waals surface area contributed by atoms with Gasteiger partial charge < -0.3 is 4.74 Å². The smallest absolute Gasteiger partial charge is 0.106 e. The van der Waals surface area contributed by atoms with Crippen molar-refractivity contribution in [1.82, 2.24) is 0 Å². The average Bonchev–Trinajstić information content (AvgIpc) is 2.75. The molecular weight excluding hydrogens is 208 g/mol. The molecule has 86 valence electrons. The highest BCUT2D eigenvalue weighted by atomic mass is 16.5. The fourth-order valence-corrected chi connectivity index (χ4v) is 3.65. The van der Waals surface area contributed by atoms with Gasteiger partial charge in [-0.25, -0.2) is 0 Å². The van der Waals surface area contributed by atoms with Crippen molar-refractivity contribution in [3.63, 3.8) is 0 Å². The topological polar surface area (TPSA) is 9.23 Å². The molecule has 0 spiro atoms. The van der Waals surface area contributed by atoms with Crippen LogP contribution < -0.4 is 0 Å². The van der Waals surface area contributed by atoms with Crippen LogP contribution >= 0.6 is 0 Å². The molecule has 4 rings (SSSR count). The summed E-state index contributed by atoms with van der Waals surface area (Å²) in [5.41, 5.74) is 4.03. The van der Waals surface area contributed by atoms with Crippen molar-refractivity contribution in [1.29, 1.82) is 0 Å². The Morgan fingerprint density at radius 1 is 1.18 bits per heavy atom. The molecular formula is C16H16O. The number of fused-ring (bicyclic) bond motifs is 6. The molecule has 0 amide bonds. The molecule has 1 aromatic rings. The molecule has 0 unspecified atom stereocenters. The first-order valence-corrected chi connectivity index (χ1v) is 6.31. The van der Waals surface area contributed by atoms with Crippen LogP contribution in [0.4, 0.5) is 0 Å². The molecule has 3 aliphatic rings. The molecule has 0 radical (unpaired) electrons. The normalized spacial score (nSPS) is 41.1. The van der Waals surface area contributed by atoms with E-state index in [2.05, 4.69) is 56.3 Å². The lowest BCUT2D eigenvalue weighted by Crippen LogP contribution is -2.32. The van der Waals surface area contributed by atoms with Gasteiger partial charge in [-0.3, -0.25) is 0 Å². The number of benzene rings is 1. The average molecular weight is 224 g/mol. The van der Waals surface area contributed by atoms with E-state index in [-0.39, 0.29) is 11.2 Å². The van der Waals surface area contributed by atoms with Crippen LogP contribution in [0.5, 0.6) is 0 Å². The van der Waals surface area contributed by atoms with Crippen molar-refractivity contribution in [2.75, 3.05) is 0 Å². The monoisotopic (exact) mass is 224 g/mol. The highest BCUT2D eigenvalue weighted by Crippen LogP contribution is 2.56. The summed E-state index contributed by atoms with van der Waals surface area (Å²) in [7, 11) is 0. The third kappa shape index (κ3) is 1.08. The van der Waals surface area contributed by atoms with Gasteiger partial charge in [0.1, 0.15) is 5.60 Å². The zero-order chi connectivity index (χ0) is 11.7. The second-order valence-electron chi connectivity index (χ2n) is 5.78. The molecule has 0 saturated carbocycles. The van der Waals surface area contributed by atoms with E-state index in [9.17, 15) is 0 Å². The number of ether oxygens (including phenoxy) is 1. The van der Waals surface area contributed by atoms with E-state index in [0.29, 0.717) is 5.92 Å². The number of hydrogen-bond donors (Lipinski definition) is 0. The largest absolute Gasteiger partial charge is 0.356 e.